The average molecular weight is 320 g/mol. The number of carbonyl (C=O) groups excluding carboxylic acids is 2. The molecule has 0 aliphatic carbocycles. The van der Waals surface area contributed by atoms with Crippen molar-refractivity contribution >= 4 is 41.0 Å². The Kier molecular flexibility index (Phi) is 6.60. The topological polar surface area (TPSA) is 84.2 Å². The van der Waals surface area contributed by atoms with Gasteiger partial charge in [-0.1, -0.05) is 11.6 Å². The molecule has 1 aromatic carbocycles. The van der Waals surface area contributed by atoms with E-state index in [2.05, 4.69) is 10.6 Å². The van der Waals surface area contributed by atoms with Gasteiger partial charge in [-0.2, -0.15) is 11.8 Å². The van der Waals surface area contributed by atoms with Gasteiger partial charge >= 0.3 is 6.03 Å². The maximum absolute atomic E-state index is 13.0. The van der Waals surface area contributed by atoms with Crippen molar-refractivity contribution in [3.63, 3.8) is 0 Å². The molecule has 0 spiro atoms. The summed E-state index contributed by atoms with van der Waals surface area (Å²) < 4.78 is 13.0. The smallest absolute Gasteiger partial charge is 0.312 e. The van der Waals surface area contributed by atoms with Crippen LogP contribution >= 0.6 is 23.4 Å². The number of nitrogens with one attached hydrogen (secondary N) is 2. The highest BCUT2D eigenvalue weighted by Crippen LogP contribution is 2.19. The molecule has 0 radical (unpaired) electrons. The quantitative estimate of drug-likeness (QED) is 0.751. The third-order valence-electron chi connectivity index (χ3n) is 2.43. The molecule has 0 heterocycles. The molecule has 0 aliphatic rings. The molecule has 5 nitrogen and oxygen atoms in total. The lowest BCUT2D eigenvalue weighted by atomic mass is 10.2. The minimum absolute atomic E-state index is 0.0914. The van der Waals surface area contributed by atoms with Crippen molar-refractivity contribution in [2.75, 3.05) is 17.3 Å². The van der Waals surface area contributed by atoms with E-state index in [9.17, 15) is 14.0 Å². The number of anilines is 1. The highest BCUT2D eigenvalue weighted by atomic mass is 35.5. The fourth-order valence-electron chi connectivity index (χ4n) is 1.48. The summed E-state index contributed by atoms with van der Waals surface area (Å²) in [6.45, 7) is 0. The van der Waals surface area contributed by atoms with Crippen LogP contribution in [-0.4, -0.2) is 30.0 Å². The van der Waals surface area contributed by atoms with Gasteiger partial charge in [0.2, 0.25) is 5.91 Å². The molecule has 1 atom stereocenters. The van der Waals surface area contributed by atoms with Crippen LogP contribution in [0.2, 0.25) is 5.02 Å². The summed E-state index contributed by atoms with van der Waals surface area (Å²) in [5.41, 5.74) is 5.38. The molecule has 0 saturated carbocycles. The molecule has 0 aromatic heterocycles. The number of urea groups is 1. The molecule has 0 fully saturated rings. The van der Waals surface area contributed by atoms with Crippen molar-refractivity contribution in [2.24, 2.45) is 5.73 Å². The number of carbonyl (C=O) groups is 2. The minimum Gasteiger partial charge on any atom is -0.352 e. The van der Waals surface area contributed by atoms with E-state index in [-0.39, 0.29) is 5.02 Å². The third-order valence-corrected chi connectivity index (χ3v) is 3.36. The van der Waals surface area contributed by atoms with Gasteiger partial charge in [0.15, 0.2) is 0 Å². The molecule has 1 rings (SSSR count). The maximum atomic E-state index is 13.0. The van der Waals surface area contributed by atoms with E-state index in [1.54, 1.807) is 11.8 Å². The van der Waals surface area contributed by atoms with Gasteiger partial charge in [0.05, 0.1) is 5.02 Å². The molecule has 4 N–H and O–H groups in total. The number of hydrogen-bond acceptors (Lipinski definition) is 3. The first kappa shape index (κ1) is 16.6. The standard InChI is InChI=1S/C12H15ClFN3O2S/c1-20-5-4-10(17-12(15)19)11(18)16-7-2-3-9(14)8(13)6-7/h2-3,6,10H,4-5H2,1H3,(H,16,18)(H3,15,17,19)/t10-/m1/s1. The van der Waals surface area contributed by atoms with Crippen LogP contribution in [0.1, 0.15) is 6.42 Å². The van der Waals surface area contributed by atoms with Crippen molar-refractivity contribution < 1.29 is 14.0 Å². The second-order valence-corrected chi connectivity index (χ2v) is 5.35. The molecule has 1 aromatic rings. The Labute approximate surface area is 125 Å². The SMILES string of the molecule is CSCC[C@@H](NC(N)=O)C(=O)Nc1ccc(F)c(Cl)c1. The first-order valence-corrected chi connectivity index (χ1v) is 7.52. The van der Waals surface area contributed by atoms with Gasteiger partial charge in [-0.05, 0) is 36.6 Å². The van der Waals surface area contributed by atoms with E-state index in [1.165, 1.54) is 12.1 Å². The predicted molar refractivity (Wildman–Crippen MR) is 79.5 cm³/mol. The fraction of sp³-hybridized carbons (Fsp3) is 0.333. The number of thioether (sulfide) groups is 1. The zero-order valence-electron chi connectivity index (χ0n) is 10.8. The summed E-state index contributed by atoms with van der Waals surface area (Å²) >= 11 is 7.17. The number of primary amides is 1. The summed E-state index contributed by atoms with van der Waals surface area (Å²) in [7, 11) is 0. The Bertz CT molecular complexity index is 502. The molecule has 110 valence electrons. The molecule has 0 unspecified atom stereocenters. The molecule has 3 amide bonds. The van der Waals surface area contributed by atoms with E-state index >= 15 is 0 Å². The lowest BCUT2D eigenvalue weighted by Gasteiger charge is -2.17. The molecular formula is C12H15ClFN3O2S. The molecule has 8 heteroatoms. The predicted octanol–water partition coefficient (Wildman–Crippen LogP) is 2.21. The van der Waals surface area contributed by atoms with E-state index in [0.717, 1.165) is 6.07 Å². The first-order valence-electron chi connectivity index (χ1n) is 5.75. The Morgan fingerprint density at radius 3 is 2.75 bits per heavy atom. The van der Waals surface area contributed by atoms with Crippen LogP contribution in [0.25, 0.3) is 0 Å². The van der Waals surface area contributed by atoms with E-state index in [4.69, 9.17) is 17.3 Å². The summed E-state index contributed by atoms with van der Waals surface area (Å²) in [6.07, 6.45) is 2.32. The van der Waals surface area contributed by atoms with Crippen LogP contribution in [0.5, 0.6) is 0 Å². The number of benzene rings is 1. The molecule has 20 heavy (non-hydrogen) atoms. The van der Waals surface area contributed by atoms with Crippen LogP contribution < -0.4 is 16.4 Å². The molecule has 0 aliphatic heterocycles. The summed E-state index contributed by atoms with van der Waals surface area (Å²) in [6, 6.07) is 2.31. The fourth-order valence-corrected chi connectivity index (χ4v) is 2.13. The van der Waals surface area contributed by atoms with Crippen molar-refractivity contribution in [1.82, 2.24) is 5.32 Å². The molecule has 0 bridgehead atoms. The Morgan fingerprint density at radius 2 is 2.20 bits per heavy atom. The number of nitrogens with two attached hydrogens (primary N) is 1. The third kappa shape index (κ3) is 5.26. The molecular weight excluding hydrogens is 305 g/mol. The van der Waals surface area contributed by atoms with Crippen LogP contribution in [0.15, 0.2) is 18.2 Å². The highest BCUT2D eigenvalue weighted by Gasteiger charge is 2.19. The second kappa shape index (κ2) is 7.96. The normalized spacial score (nSPS) is 11.8. The molecule has 0 saturated heterocycles. The number of hydrogen-bond donors (Lipinski definition) is 3. The number of halogens is 2. The van der Waals surface area contributed by atoms with Gasteiger partial charge < -0.3 is 16.4 Å². The average Bonchev–Trinajstić information content (AvgIpc) is 2.38. The lowest BCUT2D eigenvalue weighted by molar-refractivity contribution is -0.117. The van der Waals surface area contributed by atoms with Crippen LogP contribution in [-0.2, 0) is 4.79 Å². The summed E-state index contributed by atoms with van der Waals surface area (Å²) in [5.74, 6) is -0.317. The number of rotatable bonds is 6. The first-order chi connectivity index (χ1) is 9.43. The zero-order valence-corrected chi connectivity index (χ0v) is 12.4. The summed E-state index contributed by atoms with van der Waals surface area (Å²) in [5, 5.41) is 4.83. The summed E-state index contributed by atoms with van der Waals surface area (Å²) in [4.78, 5) is 22.9. The van der Waals surface area contributed by atoms with Crippen LogP contribution in [0.3, 0.4) is 0 Å². The van der Waals surface area contributed by atoms with Crippen molar-refractivity contribution in [2.45, 2.75) is 12.5 Å². The highest BCUT2D eigenvalue weighted by molar-refractivity contribution is 7.98. The van der Waals surface area contributed by atoms with Gasteiger partial charge in [0.1, 0.15) is 11.9 Å². The van der Waals surface area contributed by atoms with Crippen LogP contribution in [0, 0.1) is 5.82 Å². The van der Waals surface area contributed by atoms with Crippen LogP contribution in [0.4, 0.5) is 14.9 Å². The van der Waals surface area contributed by atoms with Gasteiger partial charge in [0.25, 0.3) is 0 Å². The second-order valence-electron chi connectivity index (χ2n) is 3.96. The van der Waals surface area contributed by atoms with Gasteiger partial charge in [-0.15, -0.1) is 0 Å². The van der Waals surface area contributed by atoms with E-state index in [0.29, 0.717) is 17.9 Å². The largest absolute Gasteiger partial charge is 0.352 e. The van der Waals surface area contributed by atoms with Gasteiger partial charge in [0, 0.05) is 5.69 Å². The Morgan fingerprint density at radius 1 is 1.50 bits per heavy atom. The van der Waals surface area contributed by atoms with Gasteiger partial charge in [-0.3, -0.25) is 4.79 Å². The Hall–Kier alpha value is -1.47. The Balaban J connectivity index is 2.73. The van der Waals surface area contributed by atoms with Gasteiger partial charge in [-0.25, -0.2) is 9.18 Å². The lowest BCUT2D eigenvalue weighted by Crippen LogP contribution is -2.46. The number of amides is 3. The van der Waals surface area contributed by atoms with Crippen molar-refractivity contribution in [1.29, 1.82) is 0 Å². The zero-order chi connectivity index (χ0) is 15.1. The minimum atomic E-state index is -0.775. The van der Waals surface area contributed by atoms with Crippen molar-refractivity contribution in [3.8, 4) is 0 Å². The van der Waals surface area contributed by atoms with E-state index < -0.39 is 23.8 Å². The van der Waals surface area contributed by atoms with E-state index in [1.807, 2.05) is 6.26 Å². The monoisotopic (exact) mass is 319 g/mol. The van der Waals surface area contributed by atoms with Crippen molar-refractivity contribution in [3.05, 3.63) is 29.0 Å². The maximum Gasteiger partial charge on any atom is 0.312 e.